The number of hydrogen-bond acceptors (Lipinski definition) is 6. The SMILES string of the molecule is CC[S+]([O-])CCN1CCSC(=NOC(=O)NC)C1=O. The Balaban J connectivity index is 2.53. The average Bonchev–Trinajstić information content (AvgIpc) is 2.44. The number of carbonyl (C=O) groups excluding carboxylic acids is 2. The average molecular weight is 307 g/mol. The van der Waals surface area contributed by atoms with Gasteiger partial charge in [0.1, 0.15) is 11.5 Å². The van der Waals surface area contributed by atoms with E-state index in [2.05, 4.69) is 15.3 Å². The van der Waals surface area contributed by atoms with E-state index < -0.39 is 17.3 Å². The Kier molecular flexibility index (Phi) is 7.03. The number of nitrogens with zero attached hydrogens (tertiary/aromatic N) is 2. The second kappa shape index (κ2) is 8.28. The van der Waals surface area contributed by atoms with Crippen LogP contribution in [0.1, 0.15) is 6.92 Å². The Hall–Kier alpha value is -0.930. The van der Waals surface area contributed by atoms with Crippen molar-refractivity contribution in [3.05, 3.63) is 0 Å². The highest BCUT2D eigenvalue weighted by Gasteiger charge is 2.27. The molecule has 0 radical (unpaired) electrons. The van der Waals surface area contributed by atoms with Gasteiger partial charge in [0.05, 0.1) is 6.54 Å². The van der Waals surface area contributed by atoms with Crippen LogP contribution >= 0.6 is 11.8 Å². The van der Waals surface area contributed by atoms with E-state index in [1.54, 1.807) is 4.90 Å². The highest BCUT2D eigenvalue weighted by atomic mass is 32.2. The van der Waals surface area contributed by atoms with Crippen molar-refractivity contribution < 1.29 is 19.0 Å². The zero-order chi connectivity index (χ0) is 14.3. The van der Waals surface area contributed by atoms with Crippen LogP contribution in [0.25, 0.3) is 0 Å². The maximum Gasteiger partial charge on any atom is 0.433 e. The van der Waals surface area contributed by atoms with Gasteiger partial charge in [-0.2, -0.15) is 0 Å². The Morgan fingerprint density at radius 1 is 1.68 bits per heavy atom. The summed E-state index contributed by atoms with van der Waals surface area (Å²) in [7, 11) is 1.41. The van der Waals surface area contributed by atoms with Crippen LogP contribution in [0.3, 0.4) is 0 Å². The molecule has 0 aliphatic carbocycles. The van der Waals surface area contributed by atoms with Gasteiger partial charge in [-0.1, -0.05) is 28.1 Å². The first-order chi connectivity index (χ1) is 9.08. The van der Waals surface area contributed by atoms with Crippen molar-refractivity contribution >= 4 is 40.0 Å². The number of oxime groups is 1. The lowest BCUT2D eigenvalue weighted by molar-refractivity contribution is -0.123. The van der Waals surface area contributed by atoms with Gasteiger partial charge in [-0.05, 0) is 6.92 Å². The molecule has 7 nitrogen and oxygen atoms in total. The van der Waals surface area contributed by atoms with Crippen molar-refractivity contribution in [1.82, 2.24) is 10.2 Å². The van der Waals surface area contributed by atoms with Gasteiger partial charge in [-0.15, -0.1) is 0 Å². The maximum absolute atomic E-state index is 12.0. The predicted octanol–water partition coefficient (Wildman–Crippen LogP) is -0.000100. The normalized spacial score (nSPS) is 19.4. The Morgan fingerprint density at radius 2 is 2.42 bits per heavy atom. The van der Waals surface area contributed by atoms with Crippen LogP contribution in [0.2, 0.25) is 0 Å². The molecule has 1 aliphatic heterocycles. The minimum Gasteiger partial charge on any atom is -0.616 e. The van der Waals surface area contributed by atoms with Crippen molar-refractivity contribution in [3.63, 3.8) is 0 Å². The van der Waals surface area contributed by atoms with E-state index in [1.807, 2.05) is 6.92 Å². The van der Waals surface area contributed by atoms with Crippen LogP contribution in [0.15, 0.2) is 5.16 Å². The number of hydrogen-bond donors (Lipinski definition) is 1. The summed E-state index contributed by atoms with van der Waals surface area (Å²) >= 11 is 0.342. The second-order valence-corrected chi connectivity index (χ2v) is 6.55. The first-order valence-electron chi connectivity index (χ1n) is 5.82. The van der Waals surface area contributed by atoms with E-state index >= 15 is 0 Å². The van der Waals surface area contributed by atoms with Gasteiger partial charge in [0.15, 0.2) is 0 Å². The Bertz CT molecular complexity index is 365. The van der Waals surface area contributed by atoms with Crippen LogP contribution in [-0.4, -0.2) is 63.9 Å². The summed E-state index contributed by atoms with van der Waals surface area (Å²) in [5.74, 6) is 1.43. The fourth-order valence-corrected chi connectivity index (χ4v) is 2.87. The monoisotopic (exact) mass is 307 g/mol. The van der Waals surface area contributed by atoms with E-state index in [4.69, 9.17) is 0 Å². The molecule has 1 N–H and O–H groups in total. The van der Waals surface area contributed by atoms with E-state index in [1.165, 1.54) is 18.8 Å². The fourth-order valence-electron chi connectivity index (χ4n) is 1.31. The lowest BCUT2D eigenvalue weighted by Crippen LogP contribution is -2.43. The maximum atomic E-state index is 12.0. The molecule has 1 atom stereocenters. The standard InChI is InChI=1S/C10H17N3O4S2/c1-3-19(16)7-5-13-4-6-18-8(9(13)14)12-17-10(15)11-2/h3-7H2,1-2H3,(H,11,15). The van der Waals surface area contributed by atoms with Crippen LogP contribution in [0.4, 0.5) is 4.79 Å². The number of amides is 2. The Morgan fingerprint density at radius 3 is 3.05 bits per heavy atom. The molecule has 9 heteroatoms. The summed E-state index contributed by atoms with van der Waals surface area (Å²) in [6.07, 6.45) is -0.717. The van der Waals surface area contributed by atoms with Gasteiger partial charge in [0.25, 0.3) is 5.91 Å². The predicted molar refractivity (Wildman–Crippen MR) is 75.6 cm³/mol. The molecule has 0 saturated carbocycles. The molecular weight excluding hydrogens is 290 g/mol. The van der Waals surface area contributed by atoms with Crippen LogP contribution < -0.4 is 5.32 Å². The van der Waals surface area contributed by atoms with Gasteiger partial charge in [0, 0.05) is 19.3 Å². The molecule has 0 aromatic rings. The number of nitrogens with one attached hydrogen (secondary N) is 1. The summed E-state index contributed by atoms with van der Waals surface area (Å²) in [5, 5.41) is 5.92. The first kappa shape index (κ1) is 16.1. The Labute approximate surface area is 119 Å². The summed E-state index contributed by atoms with van der Waals surface area (Å²) in [4.78, 5) is 29.0. The molecule has 1 unspecified atom stereocenters. The number of thioether (sulfide) groups is 1. The van der Waals surface area contributed by atoms with Crippen molar-refractivity contribution in [2.75, 3.05) is 37.4 Å². The third-order valence-electron chi connectivity index (χ3n) is 2.40. The molecule has 1 fully saturated rings. The third kappa shape index (κ3) is 5.29. The summed E-state index contributed by atoms with van der Waals surface area (Å²) in [5.41, 5.74) is 0. The van der Waals surface area contributed by atoms with E-state index in [9.17, 15) is 14.1 Å². The zero-order valence-electron chi connectivity index (χ0n) is 10.9. The van der Waals surface area contributed by atoms with Crippen LogP contribution in [-0.2, 0) is 20.8 Å². The third-order valence-corrected chi connectivity index (χ3v) is 4.59. The van der Waals surface area contributed by atoms with Crippen molar-refractivity contribution in [2.45, 2.75) is 6.92 Å². The summed E-state index contributed by atoms with van der Waals surface area (Å²) < 4.78 is 11.4. The van der Waals surface area contributed by atoms with Gasteiger partial charge in [-0.3, -0.25) is 9.63 Å². The summed E-state index contributed by atoms with van der Waals surface area (Å²) in [6, 6.07) is 0. The molecule has 19 heavy (non-hydrogen) atoms. The minimum absolute atomic E-state index is 0.150. The highest BCUT2D eigenvalue weighted by Crippen LogP contribution is 2.15. The summed E-state index contributed by atoms with van der Waals surface area (Å²) in [6.45, 7) is 2.86. The molecule has 1 heterocycles. The highest BCUT2D eigenvalue weighted by molar-refractivity contribution is 8.15. The van der Waals surface area contributed by atoms with Crippen LogP contribution in [0.5, 0.6) is 0 Å². The van der Waals surface area contributed by atoms with E-state index in [0.29, 0.717) is 30.3 Å². The minimum atomic E-state index is -0.903. The molecule has 1 rings (SSSR count). The van der Waals surface area contributed by atoms with E-state index in [0.717, 1.165) is 0 Å². The van der Waals surface area contributed by atoms with Crippen LogP contribution in [0, 0.1) is 0 Å². The topological polar surface area (TPSA) is 94.1 Å². The largest absolute Gasteiger partial charge is 0.616 e. The van der Waals surface area contributed by atoms with Crippen molar-refractivity contribution in [3.8, 4) is 0 Å². The van der Waals surface area contributed by atoms with E-state index in [-0.39, 0.29) is 11.0 Å². The molecule has 1 saturated heterocycles. The lowest BCUT2D eigenvalue weighted by atomic mass is 10.4. The second-order valence-electron chi connectivity index (χ2n) is 3.60. The van der Waals surface area contributed by atoms with Gasteiger partial charge < -0.3 is 14.8 Å². The molecule has 108 valence electrons. The number of rotatable bonds is 5. The molecule has 0 aromatic heterocycles. The first-order valence-corrected chi connectivity index (χ1v) is 8.29. The molecular formula is C10H17N3O4S2. The van der Waals surface area contributed by atoms with Gasteiger partial charge in [0.2, 0.25) is 5.04 Å². The fraction of sp³-hybridized carbons (Fsp3) is 0.700. The van der Waals surface area contributed by atoms with Gasteiger partial charge in [-0.25, -0.2) is 4.79 Å². The molecule has 0 aromatic carbocycles. The van der Waals surface area contributed by atoms with Crippen molar-refractivity contribution in [1.29, 1.82) is 0 Å². The van der Waals surface area contributed by atoms with Gasteiger partial charge >= 0.3 is 6.09 Å². The van der Waals surface area contributed by atoms with Crippen molar-refractivity contribution in [2.24, 2.45) is 5.16 Å². The molecule has 0 spiro atoms. The molecule has 0 bridgehead atoms. The number of carbonyl (C=O) groups is 2. The molecule has 1 aliphatic rings. The smallest absolute Gasteiger partial charge is 0.433 e. The quantitative estimate of drug-likeness (QED) is 0.438. The zero-order valence-corrected chi connectivity index (χ0v) is 12.5. The molecule has 2 amide bonds. The lowest BCUT2D eigenvalue weighted by Gasteiger charge is -2.26.